The highest BCUT2D eigenvalue weighted by Crippen LogP contribution is 2.30. The zero-order valence-corrected chi connectivity index (χ0v) is 10.4. The molecule has 0 atom stereocenters. The Morgan fingerprint density at radius 2 is 1.92 bits per heavy atom. The smallest absolute Gasteiger partial charge is 0.119 e. The Labute approximate surface area is 85.2 Å². The third-order valence-corrected chi connectivity index (χ3v) is 5.11. The fourth-order valence-electron chi connectivity index (χ4n) is 1.02. The number of hydrogen-bond acceptors (Lipinski definition) is 2. The Bertz CT molecular complexity index is 280. The molecule has 0 saturated carbocycles. The van der Waals surface area contributed by atoms with Gasteiger partial charge in [-0.05, 0) is 18.2 Å². The summed E-state index contributed by atoms with van der Waals surface area (Å²) >= 11 is 1.99. The number of ether oxygens (including phenoxy) is 1. The average molecular weight is 212 g/mol. The maximum Gasteiger partial charge on any atom is 0.119 e. The van der Waals surface area contributed by atoms with Crippen LogP contribution in [0.5, 0.6) is 5.75 Å². The minimum absolute atomic E-state index is 0.947. The quantitative estimate of drug-likeness (QED) is 0.708. The highest BCUT2D eigenvalue weighted by Gasteiger charge is 2.14. The van der Waals surface area contributed by atoms with Crippen LogP contribution in [-0.4, -0.2) is 14.3 Å². The molecule has 13 heavy (non-hydrogen) atoms. The van der Waals surface area contributed by atoms with E-state index in [0.29, 0.717) is 0 Å². The van der Waals surface area contributed by atoms with E-state index in [1.807, 2.05) is 23.3 Å². The van der Waals surface area contributed by atoms with Crippen molar-refractivity contribution in [2.75, 3.05) is 7.11 Å². The predicted molar refractivity (Wildman–Crippen MR) is 62.2 cm³/mol. The van der Waals surface area contributed by atoms with Crippen molar-refractivity contribution >= 4 is 18.4 Å². The van der Waals surface area contributed by atoms with Gasteiger partial charge >= 0.3 is 0 Å². The predicted octanol–water partition coefficient (Wildman–Crippen LogP) is 3.62. The van der Waals surface area contributed by atoms with Crippen LogP contribution in [0.25, 0.3) is 0 Å². The fraction of sp³-hybridized carbons (Fsp3) is 0.400. The lowest BCUT2D eigenvalue weighted by Crippen LogP contribution is -2.13. The normalized spacial score (nSPS) is 11.4. The van der Waals surface area contributed by atoms with Gasteiger partial charge < -0.3 is 4.74 Å². The van der Waals surface area contributed by atoms with Gasteiger partial charge in [-0.1, -0.05) is 25.7 Å². The van der Waals surface area contributed by atoms with E-state index in [9.17, 15) is 0 Å². The molecule has 0 fully saturated rings. The highest BCUT2D eigenvalue weighted by molar-refractivity contribution is 8.28. The summed E-state index contributed by atoms with van der Waals surface area (Å²) in [7, 11) is 0.634. The Kier molecular flexibility index (Phi) is 3.45. The van der Waals surface area contributed by atoms with E-state index in [0.717, 1.165) is 5.75 Å². The third kappa shape index (κ3) is 3.87. The molecule has 0 radical (unpaired) electrons. The van der Waals surface area contributed by atoms with Crippen molar-refractivity contribution in [1.82, 2.24) is 0 Å². The maximum atomic E-state index is 5.17. The van der Waals surface area contributed by atoms with E-state index in [2.05, 4.69) is 31.8 Å². The second kappa shape index (κ2) is 4.20. The molecule has 3 heteroatoms. The molecule has 0 amide bonds. The average Bonchev–Trinajstić information content (AvgIpc) is 2.01. The molecular formula is C10H16OSSi. The summed E-state index contributed by atoms with van der Waals surface area (Å²) in [5.74, 6) is 0.947. The van der Waals surface area contributed by atoms with Gasteiger partial charge in [-0.25, -0.2) is 0 Å². The number of benzene rings is 1. The van der Waals surface area contributed by atoms with Crippen molar-refractivity contribution in [2.45, 2.75) is 24.5 Å². The minimum atomic E-state index is -1.07. The van der Waals surface area contributed by atoms with Crippen molar-refractivity contribution in [3.63, 3.8) is 0 Å². The first-order valence-electron chi connectivity index (χ1n) is 4.34. The summed E-state index contributed by atoms with van der Waals surface area (Å²) in [5, 5.41) is 0. The lowest BCUT2D eigenvalue weighted by atomic mass is 10.3. The largest absolute Gasteiger partial charge is 0.497 e. The summed E-state index contributed by atoms with van der Waals surface area (Å²) in [6.07, 6.45) is 0. The van der Waals surface area contributed by atoms with Crippen LogP contribution in [-0.2, 0) is 0 Å². The molecule has 0 unspecified atom stereocenters. The van der Waals surface area contributed by atoms with Gasteiger partial charge in [-0.3, -0.25) is 0 Å². The lowest BCUT2D eigenvalue weighted by Gasteiger charge is -2.15. The molecule has 0 aromatic heterocycles. The SMILES string of the molecule is COc1cccc(S[Si](C)(C)C)c1. The van der Waals surface area contributed by atoms with Gasteiger partial charge in [0.05, 0.1) is 7.11 Å². The second-order valence-corrected chi connectivity index (χ2v) is 13.1. The summed E-state index contributed by atoms with van der Waals surface area (Å²) in [5.41, 5.74) is 0. The van der Waals surface area contributed by atoms with Gasteiger partial charge in [0, 0.05) is 4.90 Å². The topological polar surface area (TPSA) is 9.23 Å². The van der Waals surface area contributed by atoms with Crippen molar-refractivity contribution in [2.24, 2.45) is 0 Å². The van der Waals surface area contributed by atoms with Crippen molar-refractivity contribution in [3.05, 3.63) is 24.3 Å². The van der Waals surface area contributed by atoms with Crippen molar-refractivity contribution in [1.29, 1.82) is 0 Å². The molecule has 0 aliphatic rings. The lowest BCUT2D eigenvalue weighted by molar-refractivity contribution is 0.413. The van der Waals surface area contributed by atoms with Crippen LogP contribution in [0.2, 0.25) is 19.6 Å². The monoisotopic (exact) mass is 212 g/mol. The molecule has 0 N–H and O–H groups in total. The van der Waals surface area contributed by atoms with Crippen LogP contribution in [0.3, 0.4) is 0 Å². The van der Waals surface area contributed by atoms with Crippen molar-refractivity contribution in [3.8, 4) is 5.75 Å². The number of methoxy groups -OCH3 is 1. The number of rotatable bonds is 3. The minimum Gasteiger partial charge on any atom is -0.497 e. The molecule has 1 nitrogen and oxygen atoms in total. The third-order valence-electron chi connectivity index (χ3n) is 1.47. The van der Waals surface area contributed by atoms with Crippen LogP contribution in [0, 0.1) is 0 Å². The molecule has 0 saturated heterocycles. The van der Waals surface area contributed by atoms with Gasteiger partial charge in [-0.2, -0.15) is 11.2 Å². The van der Waals surface area contributed by atoms with Crippen LogP contribution in [0.1, 0.15) is 0 Å². The van der Waals surface area contributed by atoms with Crippen LogP contribution < -0.4 is 4.74 Å². The molecular weight excluding hydrogens is 196 g/mol. The Morgan fingerprint density at radius 1 is 1.23 bits per heavy atom. The van der Waals surface area contributed by atoms with E-state index in [1.165, 1.54) is 4.90 Å². The van der Waals surface area contributed by atoms with Crippen LogP contribution in [0.4, 0.5) is 0 Å². The van der Waals surface area contributed by atoms with E-state index < -0.39 is 7.22 Å². The summed E-state index contributed by atoms with van der Waals surface area (Å²) in [6.45, 7) is 7.03. The van der Waals surface area contributed by atoms with E-state index in [-0.39, 0.29) is 0 Å². The van der Waals surface area contributed by atoms with E-state index in [1.54, 1.807) is 7.11 Å². The standard InChI is InChI=1S/C10H16OSSi/c1-11-9-6-5-7-10(8-9)12-13(2,3)4/h5-8H,1-4H3. The molecule has 1 aromatic rings. The van der Waals surface area contributed by atoms with Gasteiger partial charge in [0.1, 0.15) is 13.0 Å². The van der Waals surface area contributed by atoms with Gasteiger partial charge in [0.25, 0.3) is 0 Å². The second-order valence-electron chi connectivity index (χ2n) is 3.89. The Morgan fingerprint density at radius 3 is 2.46 bits per heavy atom. The maximum absolute atomic E-state index is 5.17. The molecule has 1 rings (SSSR count). The molecule has 1 aromatic carbocycles. The molecule has 72 valence electrons. The molecule has 0 bridgehead atoms. The zero-order valence-electron chi connectivity index (χ0n) is 8.63. The van der Waals surface area contributed by atoms with Crippen LogP contribution >= 0.6 is 11.2 Å². The summed E-state index contributed by atoms with van der Waals surface area (Å²) in [4.78, 5) is 1.32. The van der Waals surface area contributed by atoms with E-state index >= 15 is 0 Å². The first-order chi connectivity index (χ1) is 6.01. The van der Waals surface area contributed by atoms with Crippen LogP contribution in [0.15, 0.2) is 29.2 Å². The van der Waals surface area contributed by atoms with E-state index in [4.69, 9.17) is 4.74 Å². The van der Waals surface area contributed by atoms with Gasteiger partial charge in [0.15, 0.2) is 0 Å². The number of hydrogen-bond donors (Lipinski definition) is 0. The summed E-state index contributed by atoms with van der Waals surface area (Å²) < 4.78 is 5.17. The molecule has 0 heterocycles. The molecule has 0 aliphatic carbocycles. The Hall–Kier alpha value is -0.413. The van der Waals surface area contributed by atoms with Crippen molar-refractivity contribution < 1.29 is 4.74 Å². The van der Waals surface area contributed by atoms with Gasteiger partial charge in [0.2, 0.25) is 0 Å². The zero-order chi connectivity index (χ0) is 9.90. The first-order valence-corrected chi connectivity index (χ1v) is 9.38. The Balaban J connectivity index is 2.78. The summed E-state index contributed by atoms with van der Waals surface area (Å²) in [6, 6.07) is 8.27. The highest BCUT2D eigenvalue weighted by atomic mass is 32.4. The molecule has 0 aliphatic heterocycles. The van der Waals surface area contributed by atoms with Gasteiger partial charge in [-0.15, -0.1) is 0 Å². The molecule has 0 spiro atoms. The fourth-order valence-corrected chi connectivity index (χ4v) is 4.55. The first kappa shape index (κ1) is 10.7.